The molecule has 2 aliphatic rings. The van der Waals surface area contributed by atoms with Crippen LogP contribution in [0.3, 0.4) is 0 Å². The summed E-state index contributed by atoms with van der Waals surface area (Å²) in [6.07, 6.45) is 5.94. The van der Waals surface area contributed by atoms with Gasteiger partial charge in [0.1, 0.15) is 29.0 Å². The molecule has 0 fully saturated rings. The van der Waals surface area contributed by atoms with E-state index >= 15 is 0 Å². The van der Waals surface area contributed by atoms with Crippen molar-refractivity contribution in [2.75, 3.05) is 10.2 Å². The number of fused-ring (bicyclic) bond motifs is 5. The van der Waals surface area contributed by atoms with Crippen molar-refractivity contribution in [3.8, 4) is 11.3 Å². The van der Waals surface area contributed by atoms with Crippen molar-refractivity contribution in [2.24, 2.45) is 4.99 Å². The van der Waals surface area contributed by atoms with Crippen LogP contribution in [-0.2, 0) is 11.2 Å². The average Bonchev–Trinajstić information content (AvgIpc) is 2.79. The topological polar surface area (TPSA) is 70.5 Å². The van der Waals surface area contributed by atoms with Gasteiger partial charge < -0.3 is 5.32 Å². The number of aromatic nitrogens is 2. The highest BCUT2D eigenvalue weighted by Gasteiger charge is 2.31. The van der Waals surface area contributed by atoms with E-state index in [1.807, 2.05) is 19.1 Å². The van der Waals surface area contributed by atoms with E-state index in [2.05, 4.69) is 20.3 Å². The van der Waals surface area contributed by atoms with Gasteiger partial charge in [-0.05, 0) is 55.3 Å². The Kier molecular flexibility index (Phi) is 5.20. The highest BCUT2D eigenvalue weighted by atomic mass is 19.1. The summed E-state index contributed by atoms with van der Waals surface area (Å²) in [6.45, 7) is 3.82. The van der Waals surface area contributed by atoms with E-state index in [1.165, 1.54) is 18.2 Å². The minimum absolute atomic E-state index is 0.0327. The van der Waals surface area contributed by atoms with Crippen molar-refractivity contribution in [1.82, 2.24) is 9.97 Å². The first kappa shape index (κ1) is 20.9. The van der Waals surface area contributed by atoms with Gasteiger partial charge in [-0.2, -0.15) is 0 Å². The maximum Gasteiger partial charge on any atom is 0.224 e. The molecule has 1 N–H and O–H groups in total. The molecule has 0 radical (unpaired) electrons. The number of halogens is 2. The largest absolute Gasteiger partial charge is 0.325 e. The molecule has 1 atom stereocenters. The maximum atomic E-state index is 15.0. The fraction of sp³-hybridized carbons (Fsp3) is 0.200. The lowest BCUT2D eigenvalue weighted by atomic mass is 9.95. The first-order valence-electron chi connectivity index (χ1n) is 10.7. The summed E-state index contributed by atoms with van der Waals surface area (Å²) in [5.74, 6) is -0.723. The molecule has 2 bridgehead atoms. The molecule has 166 valence electrons. The number of amides is 1. The van der Waals surface area contributed by atoms with Crippen LogP contribution >= 0.6 is 0 Å². The fourth-order valence-corrected chi connectivity index (χ4v) is 4.32. The minimum Gasteiger partial charge on any atom is -0.325 e. The molecule has 8 heteroatoms. The highest BCUT2D eigenvalue weighted by Crippen LogP contribution is 2.43. The summed E-state index contributed by atoms with van der Waals surface area (Å²) in [7, 11) is 0. The zero-order chi connectivity index (χ0) is 23.1. The molecule has 1 aromatic carbocycles. The summed E-state index contributed by atoms with van der Waals surface area (Å²) in [5.41, 5.74) is 2.36. The van der Waals surface area contributed by atoms with E-state index < -0.39 is 11.6 Å². The normalized spacial score (nSPS) is 17.5. The van der Waals surface area contributed by atoms with E-state index in [1.54, 1.807) is 36.4 Å². The monoisotopic (exact) mass is 445 g/mol. The van der Waals surface area contributed by atoms with Crippen molar-refractivity contribution < 1.29 is 13.6 Å². The summed E-state index contributed by atoms with van der Waals surface area (Å²) >= 11 is 0. The minimum atomic E-state index is -0.696. The quantitative estimate of drug-likeness (QED) is 0.503. The summed E-state index contributed by atoms with van der Waals surface area (Å²) in [6, 6.07) is 8.90. The first-order chi connectivity index (χ1) is 16.0. The SMILES string of the molecule is C/C=N\C1=CC(C)c2nccc3c2N1c1ccc(F)c(n1)-c1c(F)cccc1NC(=O)CC3. The molecule has 1 amide bonds. The van der Waals surface area contributed by atoms with E-state index in [0.717, 1.165) is 16.9 Å². The maximum absolute atomic E-state index is 15.0. The van der Waals surface area contributed by atoms with Gasteiger partial charge in [0.05, 0.1) is 22.6 Å². The third-order valence-electron chi connectivity index (χ3n) is 5.79. The van der Waals surface area contributed by atoms with Crippen molar-refractivity contribution in [3.05, 3.63) is 77.4 Å². The van der Waals surface area contributed by atoms with E-state index in [0.29, 0.717) is 18.1 Å². The molecule has 0 aliphatic carbocycles. The Hall–Kier alpha value is -3.94. The van der Waals surface area contributed by atoms with Gasteiger partial charge in [-0.15, -0.1) is 0 Å². The Morgan fingerprint density at radius 3 is 2.82 bits per heavy atom. The number of benzene rings is 1. The van der Waals surface area contributed by atoms with E-state index in [-0.39, 0.29) is 35.2 Å². The van der Waals surface area contributed by atoms with Crippen molar-refractivity contribution >= 4 is 29.3 Å². The van der Waals surface area contributed by atoms with Gasteiger partial charge in [-0.25, -0.2) is 18.8 Å². The van der Waals surface area contributed by atoms with Gasteiger partial charge in [0, 0.05) is 24.8 Å². The Labute approximate surface area is 189 Å². The molecule has 0 saturated carbocycles. The lowest BCUT2D eigenvalue weighted by molar-refractivity contribution is -0.116. The van der Waals surface area contributed by atoms with E-state index in [9.17, 15) is 13.6 Å². The molecule has 6 nitrogen and oxygen atoms in total. The molecule has 3 aromatic rings. The lowest BCUT2D eigenvalue weighted by Gasteiger charge is -2.33. The predicted octanol–water partition coefficient (Wildman–Crippen LogP) is 5.49. The second-order valence-corrected chi connectivity index (χ2v) is 7.95. The van der Waals surface area contributed by atoms with Gasteiger partial charge in [0.25, 0.3) is 0 Å². The number of carbonyl (C=O) groups is 1. The number of rotatable bonds is 1. The number of anilines is 3. The van der Waals surface area contributed by atoms with Crippen LogP contribution in [0.4, 0.5) is 26.0 Å². The number of allylic oxidation sites excluding steroid dienone is 1. The van der Waals surface area contributed by atoms with Crippen LogP contribution < -0.4 is 10.2 Å². The molecular weight excluding hydrogens is 424 g/mol. The Balaban J connectivity index is 1.84. The summed E-state index contributed by atoms with van der Waals surface area (Å²) in [5, 5.41) is 2.73. The number of carbonyl (C=O) groups excluding carboxylic acids is 1. The molecule has 2 aliphatic heterocycles. The highest BCUT2D eigenvalue weighted by molar-refractivity contribution is 5.96. The third kappa shape index (κ3) is 3.57. The van der Waals surface area contributed by atoms with Crippen LogP contribution in [0, 0.1) is 11.6 Å². The zero-order valence-electron chi connectivity index (χ0n) is 18.1. The second kappa shape index (κ2) is 8.20. The number of pyridine rings is 2. The smallest absolute Gasteiger partial charge is 0.224 e. The van der Waals surface area contributed by atoms with Crippen LogP contribution in [-0.4, -0.2) is 22.1 Å². The third-order valence-corrected chi connectivity index (χ3v) is 5.79. The van der Waals surface area contributed by atoms with Gasteiger partial charge in [-0.1, -0.05) is 13.0 Å². The van der Waals surface area contributed by atoms with Crippen LogP contribution in [0.5, 0.6) is 0 Å². The van der Waals surface area contributed by atoms with Crippen LogP contribution in [0.1, 0.15) is 37.4 Å². The number of nitrogens with one attached hydrogen (secondary N) is 1. The Morgan fingerprint density at radius 1 is 1.15 bits per heavy atom. The number of hydrogen-bond acceptors (Lipinski definition) is 5. The number of nitrogens with zero attached hydrogens (tertiary/aromatic N) is 4. The molecule has 33 heavy (non-hydrogen) atoms. The van der Waals surface area contributed by atoms with Crippen molar-refractivity contribution in [1.29, 1.82) is 0 Å². The zero-order valence-corrected chi connectivity index (χ0v) is 18.1. The van der Waals surface area contributed by atoms with Gasteiger partial charge >= 0.3 is 0 Å². The molecular formula is C25H21F2N5O. The summed E-state index contributed by atoms with van der Waals surface area (Å²) in [4.78, 5) is 28.2. The molecule has 1 unspecified atom stereocenters. The number of hydrogen-bond donors (Lipinski definition) is 1. The molecule has 4 heterocycles. The molecule has 2 aromatic heterocycles. The van der Waals surface area contributed by atoms with Crippen LogP contribution in [0.2, 0.25) is 0 Å². The fourth-order valence-electron chi connectivity index (χ4n) is 4.32. The average molecular weight is 445 g/mol. The Bertz CT molecular complexity index is 1330. The van der Waals surface area contributed by atoms with Crippen molar-refractivity contribution in [3.63, 3.8) is 0 Å². The Morgan fingerprint density at radius 2 is 2.00 bits per heavy atom. The second-order valence-electron chi connectivity index (χ2n) is 7.95. The summed E-state index contributed by atoms with van der Waals surface area (Å²) < 4.78 is 29.9. The molecule has 0 spiro atoms. The molecule has 5 rings (SSSR count). The first-order valence-corrected chi connectivity index (χ1v) is 10.7. The van der Waals surface area contributed by atoms with Crippen molar-refractivity contribution in [2.45, 2.75) is 32.6 Å². The van der Waals surface area contributed by atoms with Gasteiger partial charge in [0.15, 0.2) is 0 Å². The number of aryl methyl sites for hydroxylation is 1. The molecule has 0 saturated heterocycles. The standard InChI is InChI=1S/C25H21F2N5O/c1-3-28-20-13-14(2)23-25-15(11-12-29-23)7-10-21(33)30-18-6-4-5-16(26)22(18)24-17(27)8-9-19(31-24)32(20)25/h3-6,8-9,11-14H,7,10H2,1-2H3,(H,30,33)/b28-3-. The predicted molar refractivity (Wildman–Crippen MR) is 124 cm³/mol. The lowest BCUT2D eigenvalue weighted by Crippen LogP contribution is -2.26. The van der Waals surface area contributed by atoms with Crippen LogP contribution in [0.15, 0.2) is 59.5 Å². The van der Waals surface area contributed by atoms with E-state index in [4.69, 9.17) is 0 Å². The van der Waals surface area contributed by atoms with Crippen LogP contribution in [0.25, 0.3) is 11.3 Å². The van der Waals surface area contributed by atoms with Gasteiger partial charge in [0.2, 0.25) is 5.91 Å². The number of aliphatic imine (C=N–C) groups is 1. The van der Waals surface area contributed by atoms with Gasteiger partial charge in [-0.3, -0.25) is 14.7 Å².